The van der Waals surface area contributed by atoms with Crippen molar-refractivity contribution in [2.24, 2.45) is 0 Å². The van der Waals surface area contributed by atoms with E-state index in [0.29, 0.717) is 44.8 Å². The maximum absolute atomic E-state index is 13.4. The van der Waals surface area contributed by atoms with Gasteiger partial charge in [-0.2, -0.15) is 0 Å². The summed E-state index contributed by atoms with van der Waals surface area (Å²) in [5.74, 6) is 0.305. The van der Waals surface area contributed by atoms with Gasteiger partial charge in [0.2, 0.25) is 5.91 Å². The molecule has 226 valence electrons. The summed E-state index contributed by atoms with van der Waals surface area (Å²) in [7, 11) is 4.52. The van der Waals surface area contributed by atoms with Crippen molar-refractivity contribution in [3.8, 4) is 17.2 Å². The van der Waals surface area contributed by atoms with Gasteiger partial charge in [-0.3, -0.25) is 14.4 Å². The average molecular weight is 632 g/mol. The summed E-state index contributed by atoms with van der Waals surface area (Å²) >= 11 is 7.36. The van der Waals surface area contributed by atoms with E-state index in [4.69, 9.17) is 25.8 Å². The standard InChI is InChI=1S/C33H30ClN3O6S/c1-41-28-17-12-23(34)19-26(28)36-30(38)20-44-25-15-13-24(14-16-25)35-33(40)27(37-32(39)21-8-5-4-6-9-21)18-22-10-7-11-29(42-2)31(22)43-3/h4-19H,20H2,1-3H3,(H,35,40)(H,36,38)(H,37,39)/b27-18-. The zero-order valence-electron chi connectivity index (χ0n) is 24.2. The van der Waals surface area contributed by atoms with Gasteiger partial charge in [0.1, 0.15) is 11.4 Å². The molecule has 4 aromatic carbocycles. The summed E-state index contributed by atoms with van der Waals surface area (Å²) in [4.78, 5) is 39.8. The number of halogens is 1. The van der Waals surface area contributed by atoms with Crippen LogP contribution in [0.5, 0.6) is 17.2 Å². The van der Waals surface area contributed by atoms with Gasteiger partial charge in [0.25, 0.3) is 11.8 Å². The number of ether oxygens (including phenoxy) is 3. The van der Waals surface area contributed by atoms with E-state index in [2.05, 4.69) is 16.0 Å². The lowest BCUT2D eigenvalue weighted by Gasteiger charge is -2.14. The predicted molar refractivity (Wildman–Crippen MR) is 174 cm³/mol. The predicted octanol–water partition coefficient (Wildman–Crippen LogP) is 6.51. The molecule has 11 heteroatoms. The van der Waals surface area contributed by atoms with Crippen LogP contribution in [0.4, 0.5) is 11.4 Å². The van der Waals surface area contributed by atoms with Crippen LogP contribution in [0.1, 0.15) is 15.9 Å². The van der Waals surface area contributed by atoms with Crippen molar-refractivity contribution >= 4 is 58.5 Å². The largest absolute Gasteiger partial charge is 0.495 e. The molecule has 0 aliphatic carbocycles. The molecule has 44 heavy (non-hydrogen) atoms. The van der Waals surface area contributed by atoms with Crippen LogP contribution in [0.15, 0.2) is 102 Å². The topological polar surface area (TPSA) is 115 Å². The third-order valence-corrected chi connectivity index (χ3v) is 7.43. The van der Waals surface area contributed by atoms with Crippen LogP contribution >= 0.6 is 23.4 Å². The molecule has 0 aliphatic heterocycles. The molecule has 0 aromatic heterocycles. The molecule has 0 radical (unpaired) electrons. The first-order valence-electron chi connectivity index (χ1n) is 13.3. The number of carbonyl (C=O) groups is 3. The number of methoxy groups -OCH3 is 3. The summed E-state index contributed by atoms with van der Waals surface area (Å²) in [5, 5.41) is 8.81. The lowest BCUT2D eigenvalue weighted by molar-refractivity contribution is -0.114. The van der Waals surface area contributed by atoms with Crippen molar-refractivity contribution in [1.82, 2.24) is 5.32 Å². The minimum absolute atomic E-state index is 0.00280. The van der Waals surface area contributed by atoms with Crippen molar-refractivity contribution in [3.63, 3.8) is 0 Å². The number of nitrogens with one attached hydrogen (secondary N) is 3. The van der Waals surface area contributed by atoms with E-state index in [9.17, 15) is 14.4 Å². The van der Waals surface area contributed by atoms with Crippen molar-refractivity contribution in [2.45, 2.75) is 4.90 Å². The number of rotatable bonds is 12. The van der Waals surface area contributed by atoms with Gasteiger partial charge in [-0.05, 0) is 66.7 Å². The number of para-hydroxylation sites is 1. The highest BCUT2D eigenvalue weighted by Gasteiger charge is 2.17. The zero-order chi connectivity index (χ0) is 31.5. The highest BCUT2D eigenvalue weighted by molar-refractivity contribution is 8.00. The highest BCUT2D eigenvalue weighted by Crippen LogP contribution is 2.32. The molecule has 9 nitrogen and oxygen atoms in total. The Morgan fingerprint density at radius 3 is 2.20 bits per heavy atom. The van der Waals surface area contributed by atoms with E-state index in [1.54, 1.807) is 91.0 Å². The van der Waals surface area contributed by atoms with Gasteiger partial charge in [-0.1, -0.05) is 41.9 Å². The van der Waals surface area contributed by atoms with Crippen molar-refractivity contribution in [3.05, 3.63) is 113 Å². The number of benzene rings is 4. The molecule has 3 amide bonds. The molecular weight excluding hydrogens is 602 g/mol. The molecular formula is C33H30ClN3O6S. The van der Waals surface area contributed by atoms with Crippen LogP contribution in [-0.4, -0.2) is 44.8 Å². The van der Waals surface area contributed by atoms with Gasteiger partial charge in [-0.25, -0.2) is 0 Å². The second-order valence-electron chi connectivity index (χ2n) is 9.12. The van der Waals surface area contributed by atoms with Crippen LogP contribution < -0.4 is 30.2 Å². The monoisotopic (exact) mass is 631 g/mol. The molecule has 0 spiro atoms. The third kappa shape index (κ3) is 8.56. The van der Waals surface area contributed by atoms with Crippen molar-refractivity contribution in [1.29, 1.82) is 0 Å². The van der Waals surface area contributed by atoms with E-state index < -0.39 is 11.8 Å². The van der Waals surface area contributed by atoms with Crippen molar-refractivity contribution < 1.29 is 28.6 Å². The molecule has 4 aromatic rings. The molecule has 3 N–H and O–H groups in total. The lowest BCUT2D eigenvalue weighted by atomic mass is 10.1. The van der Waals surface area contributed by atoms with Crippen LogP contribution in [0, 0.1) is 0 Å². The molecule has 0 atom stereocenters. The fourth-order valence-corrected chi connectivity index (χ4v) is 4.94. The van der Waals surface area contributed by atoms with E-state index in [1.165, 1.54) is 39.2 Å². The van der Waals surface area contributed by atoms with Gasteiger partial charge < -0.3 is 30.2 Å². The normalized spacial score (nSPS) is 10.9. The average Bonchev–Trinajstić information content (AvgIpc) is 3.04. The van der Waals surface area contributed by atoms with Crippen LogP contribution in [0.3, 0.4) is 0 Å². The molecule has 0 fully saturated rings. The first-order valence-corrected chi connectivity index (χ1v) is 14.6. The maximum atomic E-state index is 13.4. The fourth-order valence-electron chi connectivity index (χ4n) is 4.07. The second kappa shape index (κ2) is 15.5. The Morgan fingerprint density at radius 2 is 1.52 bits per heavy atom. The summed E-state index contributed by atoms with van der Waals surface area (Å²) in [5.41, 5.74) is 1.90. The number of hydrogen-bond acceptors (Lipinski definition) is 7. The summed E-state index contributed by atoms with van der Waals surface area (Å²) in [6.07, 6.45) is 1.52. The summed E-state index contributed by atoms with van der Waals surface area (Å²) in [6, 6.07) is 25.8. The minimum Gasteiger partial charge on any atom is -0.495 e. The third-order valence-electron chi connectivity index (χ3n) is 6.18. The Hall–Kier alpha value is -4.93. The molecule has 0 saturated heterocycles. The Bertz CT molecular complexity index is 1660. The van der Waals surface area contributed by atoms with Gasteiger partial charge in [0.05, 0.1) is 32.8 Å². The Labute approximate surface area is 264 Å². The smallest absolute Gasteiger partial charge is 0.272 e. The lowest BCUT2D eigenvalue weighted by Crippen LogP contribution is -2.30. The number of anilines is 2. The number of hydrogen-bond donors (Lipinski definition) is 3. The Balaban J connectivity index is 1.46. The van der Waals surface area contributed by atoms with E-state index in [0.717, 1.165) is 4.90 Å². The molecule has 0 aliphatic rings. The number of thioether (sulfide) groups is 1. The van der Waals surface area contributed by atoms with Crippen LogP contribution in [0.2, 0.25) is 5.02 Å². The Morgan fingerprint density at radius 1 is 0.795 bits per heavy atom. The first-order chi connectivity index (χ1) is 21.3. The molecule has 0 saturated carbocycles. The molecule has 0 heterocycles. The number of carbonyl (C=O) groups excluding carboxylic acids is 3. The van der Waals surface area contributed by atoms with E-state index in [1.807, 2.05) is 0 Å². The fraction of sp³-hybridized carbons (Fsp3) is 0.121. The first kappa shape index (κ1) is 32.0. The van der Waals surface area contributed by atoms with Crippen LogP contribution in [0.25, 0.3) is 6.08 Å². The van der Waals surface area contributed by atoms with Crippen LogP contribution in [-0.2, 0) is 9.59 Å². The SMILES string of the molecule is COc1ccc(Cl)cc1NC(=O)CSc1ccc(NC(=O)/C(=C/c2cccc(OC)c2OC)NC(=O)c2ccccc2)cc1. The number of amides is 3. The summed E-state index contributed by atoms with van der Waals surface area (Å²) < 4.78 is 16.1. The maximum Gasteiger partial charge on any atom is 0.272 e. The van der Waals surface area contributed by atoms with E-state index in [-0.39, 0.29) is 17.4 Å². The van der Waals surface area contributed by atoms with Crippen molar-refractivity contribution in [2.75, 3.05) is 37.7 Å². The summed E-state index contributed by atoms with van der Waals surface area (Å²) in [6.45, 7) is 0. The van der Waals surface area contributed by atoms with Gasteiger partial charge >= 0.3 is 0 Å². The van der Waals surface area contributed by atoms with Gasteiger partial charge in [-0.15, -0.1) is 11.8 Å². The van der Waals surface area contributed by atoms with Gasteiger partial charge in [0.15, 0.2) is 11.5 Å². The Kier molecular flexibility index (Phi) is 11.3. The minimum atomic E-state index is -0.547. The second-order valence-corrected chi connectivity index (χ2v) is 10.6. The molecule has 4 rings (SSSR count). The van der Waals surface area contributed by atoms with E-state index >= 15 is 0 Å². The molecule has 0 bridgehead atoms. The van der Waals surface area contributed by atoms with Gasteiger partial charge in [0, 0.05) is 26.7 Å². The molecule has 0 unspecified atom stereocenters. The quantitative estimate of drug-likeness (QED) is 0.121. The highest BCUT2D eigenvalue weighted by atomic mass is 35.5. The zero-order valence-corrected chi connectivity index (χ0v) is 25.8.